The number of pyridine rings is 1. The number of ether oxygens (including phenoxy) is 2. The van der Waals surface area contributed by atoms with Gasteiger partial charge in [0.1, 0.15) is 18.2 Å². The third-order valence-electron chi connectivity index (χ3n) is 5.17. The minimum absolute atomic E-state index is 0.147. The van der Waals surface area contributed by atoms with E-state index in [0.717, 1.165) is 54.6 Å². The smallest absolute Gasteiger partial charge is 0.244 e. The van der Waals surface area contributed by atoms with Gasteiger partial charge in [-0.25, -0.2) is 4.98 Å². The van der Waals surface area contributed by atoms with Crippen molar-refractivity contribution in [3.8, 4) is 5.75 Å². The number of hydrogen-bond acceptors (Lipinski definition) is 5. The highest BCUT2D eigenvalue weighted by Crippen LogP contribution is 2.15. The first kappa shape index (κ1) is 21.6. The number of amides is 1. The van der Waals surface area contributed by atoms with E-state index in [4.69, 9.17) is 9.47 Å². The molecule has 1 aliphatic heterocycles. The van der Waals surface area contributed by atoms with Crippen LogP contribution in [0.1, 0.15) is 16.7 Å². The summed E-state index contributed by atoms with van der Waals surface area (Å²) in [4.78, 5) is 18.9. The summed E-state index contributed by atoms with van der Waals surface area (Å²) < 4.78 is 11.2. The summed E-state index contributed by atoms with van der Waals surface area (Å²) in [7, 11) is 0. The summed E-state index contributed by atoms with van der Waals surface area (Å²) >= 11 is 0. The molecule has 6 heteroatoms. The van der Waals surface area contributed by atoms with Gasteiger partial charge in [0.25, 0.3) is 0 Å². The number of anilines is 1. The Morgan fingerprint density at radius 1 is 1.00 bits per heavy atom. The van der Waals surface area contributed by atoms with Crippen molar-refractivity contribution < 1.29 is 14.3 Å². The van der Waals surface area contributed by atoms with Gasteiger partial charge < -0.3 is 19.7 Å². The third-order valence-corrected chi connectivity index (χ3v) is 5.17. The Morgan fingerprint density at radius 2 is 1.78 bits per heavy atom. The monoisotopic (exact) mass is 429 g/mol. The van der Waals surface area contributed by atoms with Crippen LogP contribution in [-0.4, -0.2) is 37.2 Å². The van der Waals surface area contributed by atoms with Gasteiger partial charge in [-0.2, -0.15) is 0 Å². The fourth-order valence-electron chi connectivity index (χ4n) is 3.34. The van der Waals surface area contributed by atoms with Crippen molar-refractivity contribution >= 4 is 17.8 Å². The molecule has 2 heterocycles. The van der Waals surface area contributed by atoms with Crippen LogP contribution in [-0.2, 0) is 22.7 Å². The van der Waals surface area contributed by atoms with Crippen LogP contribution in [0.15, 0.2) is 79.0 Å². The Morgan fingerprint density at radius 3 is 2.50 bits per heavy atom. The quantitative estimate of drug-likeness (QED) is 0.552. The van der Waals surface area contributed by atoms with E-state index in [-0.39, 0.29) is 5.91 Å². The zero-order valence-corrected chi connectivity index (χ0v) is 17.9. The van der Waals surface area contributed by atoms with Crippen molar-refractivity contribution in [2.24, 2.45) is 0 Å². The summed E-state index contributed by atoms with van der Waals surface area (Å²) in [6, 6.07) is 21.7. The maximum Gasteiger partial charge on any atom is 0.244 e. The summed E-state index contributed by atoms with van der Waals surface area (Å²) in [5, 5.41) is 2.89. The standard InChI is InChI=1S/C26H27N3O3/c30-26(28-19-23-8-12-25(27-18-23)29-14-16-31-17-15-29)13-9-21-6-10-24(11-7-21)32-20-22-4-2-1-3-5-22/h1-13,18H,14-17,19-20H2,(H,28,30)/b13-9+. The highest BCUT2D eigenvalue weighted by Gasteiger charge is 2.11. The molecule has 0 spiro atoms. The van der Waals surface area contributed by atoms with Gasteiger partial charge in [0.15, 0.2) is 0 Å². The number of nitrogens with zero attached hydrogens (tertiary/aromatic N) is 2. The maximum atomic E-state index is 12.2. The van der Waals surface area contributed by atoms with Gasteiger partial charge >= 0.3 is 0 Å². The fourth-order valence-corrected chi connectivity index (χ4v) is 3.34. The highest BCUT2D eigenvalue weighted by molar-refractivity contribution is 5.91. The Kier molecular flexibility index (Phi) is 7.50. The zero-order chi connectivity index (χ0) is 22.0. The van der Waals surface area contributed by atoms with Crippen molar-refractivity contribution in [2.75, 3.05) is 31.2 Å². The molecule has 2 aromatic carbocycles. The Bertz CT molecular complexity index is 1010. The van der Waals surface area contributed by atoms with E-state index >= 15 is 0 Å². The minimum Gasteiger partial charge on any atom is -0.489 e. The molecule has 0 unspecified atom stereocenters. The Balaban J connectivity index is 1.21. The van der Waals surface area contributed by atoms with Gasteiger partial charge in [0.05, 0.1) is 13.2 Å². The molecule has 0 saturated carbocycles. The maximum absolute atomic E-state index is 12.2. The van der Waals surface area contributed by atoms with E-state index in [1.807, 2.05) is 72.9 Å². The second-order valence-corrected chi connectivity index (χ2v) is 7.52. The molecule has 0 bridgehead atoms. The number of rotatable bonds is 8. The average Bonchev–Trinajstić information content (AvgIpc) is 2.87. The highest BCUT2D eigenvalue weighted by atomic mass is 16.5. The van der Waals surface area contributed by atoms with Gasteiger partial charge in [-0.05, 0) is 41.0 Å². The van der Waals surface area contributed by atoms with Crippen LogP contribution >= 0.6 is 0 Å². The molecule has 1 N–H and O–H groups in total. The second-order valence-electron chi connectivity index (χ2n) is 7.52. The van der Waals surface area contributed by atoms with E-state index < -0.39 is 0 Å². The Labute approximate surface area is 188 Å². The number of nitrogens with one attached hydrogen (secondary N) is 1. The molecule has 1 aliphatic rings. The number of benzene rings is 2. The molecule has 1 fully saturated rings. The zero-order valence-electron chi connectivity index (χ0n) is 17.9. The number of hydrogen-bond donors (Lipinski definition) is 1. The predicted octanol–water partition coefficient (Wildman–Crippen LogP) is 3.83. The lowest BCUT2D eigenvalue weighted by Gasteiger charge is -2.27. The van der Waals surface area contributed by atoms with Gasteiger partial charge in [-0.1, -0.05) is 48.5 Å². The molecule has 6 nitrogen and oxygen atoms in total. The minimum atomic E-state index is -0.147. The van der Waals surface area contributed by atoms with E-state index in [9.17, 15) is 4.79 Å². The number of morpholine rings is 1. The molecular weight excluding hydrogens is 402 g/mol. The van der Waals surface area contributed by atoms with Crippen LogP contribution in [0.2, 0.25) is 0 Å². The lowest BCUT2D eigenvalue weighted by molar-refractivity contribution is -0.116. The molecule has 164 valence electrons. The van der Waals surface area contributed by atoms with Crippen LogP contribution in [0.3, 0.4) is 0 Å². The molecule has 1 saturated heterocycles. The van der Waals surface area contributed by atoms with Crippen molar-refractivity contribution in [2.45, 2.75) is 13.2 Å². The number of carbonyl (C=O) groups excluding carboxylic acids is 1. The normalized spacial score (nSPS) is 13.8. The topological polar surface area (TPSA) is 63.7 Å². The number of carbonyl (C=O) groups is 1. The van der Waals surface area contributed by atoms with Crippen LogP contribution in [0, 0.1) is 0 Å². The summed E-state index contributed by atoms with van der Waals surface area (Å²) in [5.74, 6) is 1.59. The van der Waals surface area contributed by atoms with Crippen molar-refractivity contribution in [3.63, 3.8) is 0 Å². The number of aromatic nitrogens is 1. The van der Waals surface area contributed by atoms with Gasteiger partial charge in [-0.15, -0.1) is 0 Å². The van der Waals surface area contributed by atoms with E-state index in [1.165, 1.54) is 6.08 Å². The van der Waals surface area contributed by atoms with E-state index in [2.05, 4.69) is 15.2 Å². The molecule has 32 heavy (non-hydrogen) atoms. The molecular formula is C26H27N3O3. The molecule has 0 atom stereocenters. The molecule has 1 amide bonds. The van der Waals surface area contributed by atoms with Crippen LogP contribution in [0.25, 0.3) is 6.08 Å². The third kappa shape index (κ3) is 6.43. The fraction of sp³-hybridized carbons (Fsp3) is 0.231. The first-order valence-electron chi connectivity index (χ1n) is 10.8. The summed E-state index contributed by atoms with van der Waals surface area (Å²) in [5.41, 5.74) is 3.02. The van der Waals surface area contributed by atoms with Crippen LogP contribution in [0.4, 0.5) is 5.82 Å². The lowest BCUT2D eigenvalue weighted by atomic mass is 10.2. The predicted molar refractivity (Wildman–Crippen MR) is 125 cm³/mol. The Hall–Kier alpha value is -3.64. The second kappa shape index (κ2) is 11.1. The largest absolute Gasteiger partial charge is 0.489 e. The van der Waals surface area contributed by atoms with Gasteiger partial charge in [0, 0.05) is 31.9 Å². The lowest BCUT2D eigenvalue weighted by Crippen LogP contribution is -2.36. The average molecular weight is 430 g/mol. The SMILES string of the molecule is O=C(/C=C/c1ccc(OCc2ccccc2)cc1)NCc1ccc(N2CCOCC2)nc1. The molecule has 0 radical (unpaired) electrons. The van der Waals surface area contributed by atoms with Crippen molar-refractivity contribution in [3.05, 3.63) is 95.7 Å². The van der Waals surface area contributed by atoms with Crippen molar-refractivity contribution in [1.82, 2.24) is 10.3 Å². The van der Waals surface area contributed by atoms with Crippen molar-refractivity contribution in [1.29, 1.82) is 0 Å². The van der Waals surface area contributed by atoms with Crippen LogP contribution < -0.4 is 15.0 Å². The molecule has 4 rings (SSSR count). The molecule has 0 aliphatic carbocycles. The van der Waals surface area contributed by atoms with Crippen LogP contribution in [0.5, 0.6) is 5.75 Å². The van der Waals surface area contributed by atoms with E-state index in [0.29, 0.717) is 13.2 Å². The molecule has 1 aromatic heterocycles. The van der Waals surface area contributed by atoms with Gasteiger partial charge in [0.2, 0.25) is 5.91 Å². The van der Waals surface area contributed by atoms with Gasteiger partial charge in [-0.3, -0.25) is 4.79 Å². The first-order chi connectivity index (χ1) is 15.8. The first-order valence-corrected chi connectivity index (χ1v) is 10.8. The summed E-state index contributed by atoms with van der Waals surface area (Å²) in [6.07, 6.45) is 5.13. The van der Waals surface area contributed by atoms with E-state index in [1.54, 1.807) is 6.08 Å². The molecule has 3 aromatic rings. The summed E-state index contributed by atoms with van der Waals surface area (Å²) in [6.45, 7) is 4.14.